The second kappa shape index (κ2) is 9.40. The number of rotatable bonds is 9. The van der Waals surface area contributed by atoms with E-state index in [0.29, 0.717) is 26.0 Å². The second-order valence-electron chi connectivity index (χ2n) is 8.13. The molecule has 0 bridgehead atoms. The number of nitrogens with zero attached hydrogens (tertiary/aromatic N) is 1. The van der Waals surface area contributed by atoms with Crippen LogP contribution in [0.25, 0.3) is 10.9 Å². The average Bonchev–Trinajstić information content (AvgIpc) is 3.26. The molecule has 6 heteroatoms. The molecule has 0 saturated carbocycles. The first-order chi connectivity index (χ1) is 15.5. The van der Waals surface area contributed by atoms with Gasteiger partial charge in [-0.2, -0.15) is 0 Å². The van der Waals surface area contributed by atoms with Crippen LogP contribution in [0.5, 0.6) is 0 Å². The first kappa shape index (κ1) is 21.8. The molecule has 1 atom stereocenters. The topological polar surface area (TPSA) is 82.6 Å². The van der Waals surface area contributed by atoms with Gasteiger partial charge in [0.1, 0.15) is 0 Å². The number of Topliss-reactive ketones (excluding diaryl/α,β-unsaturated/α-hetero) is 1. The number of methoxy groups -OCH3 is 1. The summed E-state index contributed by atoms with van der Waals surface area (Å²) < 4.78 is 5.16. The Bertz CT molecular complexity index is 1160. The maximum atomic E-state index is 13.4. The molecule has 1 aromatic heterocycles. The van der Waals surface area contributed by atoms with Crippen molar-refractivity contribution in [3.63, 3.8) is 0 Å². The van der Waals surface area contributed by atoms with Gasteiger partial charge in [-0.1, -0.05) is 48.5 Å². The number of hydrogen-bond donors (Lipinski definition) is 2. The Morgan fingerprint density at radius 1 is 1.12 bits per heavy atom. The van der Waals surface area contributed by atoms with Gasteiger partial charge in [-0.25, -0.2) is 0 Å². The Morgan fingerprint density at radius 2 is 1.84 bits per heavy atom. The number of ether oxygens (including phenoxy) is 1. The van der Waals surface area contributed by atoms with Crippen LogP contribution >= 0.6 is 0 Å². The lowest BCUT2D eigenvalue weighted by atomic mass is 9.91. The number of fused-ring (bicyclic) bond motifs is 1. The van der Waals surface area contributed by atoms with Gasteiger partial charge in [0.25, 0.3) is 5.91 Å². The lowest BCUT2D eigenvalue weighted by Gasteiger charge is -2.27. The van der Waals surface area contributed by atoms with Crippen molar-refractivity contribution in [3.05, 3.63) is 82.8 Å². The number of aryl methyl sites for hydroxylation is 2. The van der Waals surface area contributed by atoms with Crippen molar-refractivity contribution >= 4 is 22.6 Å². The summed E-state index contributed by atoms with van der Waals surface area (Å²) >= 11 is 0. The molecule has 166 valence electrons. The number of aromatic amines is 1. The molecule has 0 saturated heterocycles. The molecule has 0 radical (unpaired) electrons. The Hall–Kier alpha value is -3.38. The number of nitrogens with one attached hydrogen (secondary N) is 1. The normalized spacial score (nSPS) is 16.4. The highest BCUT2D eigenvalue weighted by Crippen LogP contribution is 2.42. The van der Waals surface area contributed by atoms with E-state index in [0.717, 1.165) is 27.7 Å². The Labute approximate surface area is 187 Å². The van der Waals surface area contributed by atoms with Crippen molar-refractivity contribution in [2.24, 2.45) is 0 Å². The van der Waals surface area contributed by atoms with Gasteiger partial charge in [0.05, 0.1) is 11.6 Å². The van der Waals surface area contributed by atoms with Gasteiger partial charge >= 0.3 is 0 Å². The van der Waals surface area contributed by atoms with Gasteiger partial charge in [-0.15, -0.1) is 0 Å². The highest BCUT2D eigenvalue weighted by molar-refractivity contribution is 6.09. The quantitative estimate of drug-likeness (QED) is 0.491. The maximum absolute atomic E-state index is 13.4. The highest BCUT2D eigenvalue weighted by Gasteiger charge is 2.44. The largest absolute Gasteiger partial charge is 0.503 e. The third-order valence-corrected chi connectivity index (χ3v) is 6.05. The molecule has 2 aromatic carbocycles. The Morgan fingerprint density at radius 3 is 2.59 bits per heavy atom. The number of aliphatic hydroxyl groups is 1. The summed E-state index contributed by atoms with van der Waals surface area (Å²) in [6.45, 7) is 2.81. The number of carbonyl (C=O) groups excluding carboxylic acids is 2. The van der Waals surface area contributed by atoms with E-state index in [1.165, 1.54) is 0 Å². The number of para-hydroxylation sites is 1. The molecule has 3 aromatic rings. The Balaban J connectivity index is 1.72. The number of amides is 1. The zero-order valence-corrected chi connectivity index (χ0v) is 18.4. The summed E-state index contributed by atoms with van der Waals surface area (Å²) in [4.78, 5) is 31.4. The molecule has 2 heterocycles. The SMILES string of the molecule is COCCCN1C(=O)C(O)=C(C(=O)CCc2ccccc2)C1c1c(C)[nH]c2ccccc12. The first-order valence-electron chi connectivity index (χ1n) is 10.9. The van der Waals surface area contributed by atoms with Gasteiger partial charge in [-0.05, 0) is 31.4 Å². The van der Waals surface area contributed by atoms with E-state index < -0.39 is 17.7 Å². The zero-order valence-electron chi connectivity index (χ0n) is 18.4. The molecular formula is C26H28N2O4. The van der Waals surface area contributed by atoms with Crippen LogP contribution < -0.4 is 0 Å². The van der Waals surface area contributed by atoms with Gasteiger partial charge in [0.2, 0.25) is 0 Å². The summed E-state index contributed by atoms with van der Waals surface area (Å²) in [5.74, 6) is -1.14. The smallest absolute Gasteiger partial charge is 0.290 e. The molecular weight excluding hydrogens is 404 g/mol. The van der Waals surface area contributed by atoms with E-state index in [2.05, 4.69) is 4.98 Å². The predicted molar refractivity (Wildman–Crippen MR) is 123 cm³/mol. The lowest BCUT2D eigenvalue weighted by molar-refractivity contribution is -0.129. The molecule has 6 nitrogen and oxygen atoms in total. The number of benzene rings is 2. The fraction of sp³-hybridized carbons (Fsp3) is 0.308. The van der Waals surface area contributed by atoms with E-state index in [1.807, 2.05) is 61.5 Å². The van der Waals surface area contributed by atoms with Crippen molar-refractivity contribution in [1.29, 1.82) is 0 Å². The standard InChI is InChI=1S/C26H28N2O4/c1-17-22(19-11-6-7-12-20(19)27-17)24-23(21(29)14-13-18-9-4-3-5-10-18)25(30)26(31)28(24)15-8-16-32-2/h3-7,9-12,24,27,30H,8,13-16H2,1-2H3. The van der Waals surface area contributed by atoms with Gasteiger partial charge in [-0.3, -0.25) is 9.59 Å². The second-order valence-corrected chi connectivity index (χ2v) is 8.13. The highest BCUT2D eigenvalue weighted by atomic mass is 16.5. The maximum Gasteiger partial charge on any atom is 0.290 e. The van der Waals surface area contributed by atoms with E-state index in [9.17, 15) is 14.7 Å². The van der Waals surface area contributed by atoms with Crippen LogP contribution in [0.4, 0.5) is 0 Å². The van der Waals surface area contributed by atoms with Crippen LogP contribution in [0.15, 0.2) is 65.9 Å². The number of H-pyrrole nitrogens is 1. The summed E-state index contributed by atoms with van der Waals surface area (Å²) in [5, 5.41) is 11.8. The molecule has 0 fully saturated rings. The number of aromatic nitrogens is 1. The third-order valence-electron chi connectivity index (χ3n) is 6.05. The summed E-state index contributed by atoms with van der Waals surface area (Å²) in [5.41, 5.74) is 3.91. The number of carbonyl (C=O) groups is 2. The summed E-state index contributed by atoms with van der Waals surface area (Å²) in [6, 6.07) is 17.0. The van der Waals surface area contributed by atoms with Crippen LogP contribution in [0.1, 0.15) is 35.7 Å². The Kier molecular flexibility index (Phi) is 6.42. The van der Waals surface area contributed by atoms with E-state index in [-0.39, 0.29) is 17.8 Å². The molecule has 1 unspecified atom stereocenters. The third kappa shape index (κ3) is 4.06. The molecule has 1 aliphatic rings. The van der Waals surface area contributed by atoms with Crippen molar-refractivity contribution in [2.45, 2.75) is 32.2 Å². The zero-order chi connectivity index (χ0) is 22.7. The minimum Gasteiger partial charge on any atom is -0.503 e. The van der Waals surface area contributed by atoms with E-state index in [4.69, 9.17) is 4.74 Å². The number of hydrogen-bond acceptors (Lipinski definition) is 4. The van der Waals surface area contributed by atoms with Crippen LogP contribution in [0, 0.1) is 6.92 Å². The van der Waals surface area contributed by atoms with Gasteiger partial charge in [0, 0.05) is 48.8 Å². The van der Waals surface area contributed by atoms with Gasteiger partial charge < -0.3 is 19.7 Å². The summed E-state index contributed by atoms with van der Waals surface area (Å²) in [7, 11) is 1.61. The minimum absolute atomic E-state index is 0.191. The average molecular weight is 433 g/mol. The van der Waals surface area contributed by atoms with Crippen LogP contribution in [0.2, 0.25) is 0 Å². The first-order valence-corrected chi connectivity index (χ1v) is 10.9. The predicted octanol–water partition coefficient (Wildman–Crippen LogP) is 4.41. The molecule has 2 N–H and O–H groups in total. The van der Waals surface area contributed by atoms with Crippen molar-refractivity contribution < 1.29 is 19.4 Å². The molecule has 1 amide bonds. The molecule has 0 aliphatic carbocycles. The lowest BCUT2D eigenvalue weighted by Crippen LogP contribution is -2.33. The van der Waals surface area contributed by atoms with Crippen molar-refractivity contribution in [3.8, 4) is 0 Å². The van der Waals surface area contributed by atoms with E-state index >= 15 is 0 Å². The fourth-order valence-electron chi connectivity index (χ4n) is 4.54. The van der Waals surface area contributed by atoms with Crippen molar-refractivity contribution in [1.82, 2.24) is 9.88 Å². The minimum atomic E-state index is -0.626. The number of ketones is 1. The van der Waals surface area contributed by atoms with Crippen LogP contribution in [-0.2, 0) is 20.7 Å². The molecule has 4 rings (SSSR count). The van der Waals surface area contributed by atoms with Gasteiger partial charge in [0.15, 0.2) is 11.5 Å². The molecule has 32 heavy (non-hydrogen) atoms. The monoisotopic (exact) mass is 432 g/mol. The van der Waals surface area contributed by atoms with Crippen LogP contribution in [-0.4, -0.2) is 46.9 Å². The summed E-state index contributed by atoms with van der Waals surface area (Å²) in [6.07, 6.45) is 1.38. The molecule has 1 aliphatic heterocycles. The van der Waals surface area contributed by atoms with Crippen molar-refractivity contribution in [2.75, 3.05) is 20.3 Å². The molecule has 0 spiro atoms. The number of aliphatic hydroxyl groups excluding tert-OH is 1. The van der Waals surface area contributed by atoms with Crippen LogP contribution in [0.3, 0.4) is 0 Å². The fourth-order valence-corrected chi connectivity index (χ4v) is 4.54. The van der Waals surface area contributed by atoms with E-state index in [1.54, 1.807) is 12.0 Å².